The van der Waals surface area contributed by atoms with Gasteiger partial charge in [0.2, 0.25) is 11.9 Å². The third-order valence-corrected chi connectivity index (χ3v) is 7.65. The van der Waals surface area contributed by atoms with E-state index in [1.165, 1.54) is 0 Å². The van der Waals surface area contributed by atoms with Gasteiger partial charge in [-0.05, 0) is 31.0 Å². The van der Waals surface area contributed by atoms with Gasteiger partial charge in [0.05, 0.1) is 15.3 Å². The fraction of sp³-hybridized carbons (Fsp3) is 0.400. The summed E-state index contributed by atoms with van der Waals surface area (Å²) < 4.78 is 1.78. The second-order valence-corrected chi connectivity index (χ2v) is 10.5. The van der Waals surface area contributed by atoms with E-state index < -0.39 is 54.6 Å². The number of aromatic amines is 1. The van der Waals surface area contributed by atoms with Crippen LogP contribution in [-0.4, -0.2) is 85.3 Å². The zero-order valence-electron chi connectivity index (χ0n) is 22.7. The van der Waals surface area contributed by atoms with Crippen LogP contribution in [0.15, 0.2) is 23.0 Å². The minimum Gasteiger partial charge on any atom is -0.481 e. The molecule has 16 nitrogen and oxygen atoms in total. The highest BCUT2D eigenvalue weighted by Gasteiger charge is 2.25. The predicted octanol–water partition coefficient (Wildman–Crippen LogP) is -0.0184. The van der Waals surface area contributed by atoms with Crippen molar-refractivity contribution >= 4 is 63.0 Å². The number of carboxylic acid groups (broad SMARTS) is 3. The number of hydrogen-bond donors (Lipinski definition) is 7. The van der Waals surface area contributed by atoms with Gasteiger partial charge in [-0.15, -0.1) is 11.3 Å². The molecule has 3 heterocycles. The molecule has 2 atom stereocenters. The molecule has 3 rings (SSSR count). The molecule has 0 aliphatic carbocycles. The van der Waals surface area contributed by atoms with Gasteiger partial charge in [-0.1, -0.05) is 0 Å². The number of hydrogen-bond acceptors (Lipinski definition) is 10. The first kappa shape index (κ1) is 31.6. The van der Waals surface area contributed by atoms with Crippen LogP contribution in [0.2, 0.25) is 0 Å². The monoisotopic (exact) mass is 605 g/mol. The van der Waals surface area contributed by atoms with E-state index in [0.29, 0.717) is 24.0 Å². The van der Waals surface area contributed by atoms with Crippen LogP contribution < -0.4 is 26.8 Å². The number of nitrogens with zero attached hydrogens (tertiary/aromatic N) is 3. The average Bonchev–Trinajstić information content (AvgIpc) is 3.53. The fourth-order valence-corrected chi connectivity index (χ4v) is 5.01. The smallest absolute Gasteiger partial charge is 0.326 e. The number of nitrogen functional groups attached to an aromatic ring is 1. The van der Waals surface area contributed by atoms with E-state index >= 15 is 0 Å². The number of anilines is 2. The number of rotatable bonds is 15. The molecule has 0 fully saturated rings. The number of nitrogens with one attached hydrogen (secondary N) is 3. The van der Waals surface area contributed by atoms with Crippen LogP contribution in [0.3, 0.4) is 0 Å². The maximum Gasteiger partial charge on any atom is 0.326 e. The van der Waals surface area contributed by atoms with E-state index in [1.54, 1.807) is 29.8 Å². The number of H-pyrrole nitrogens is 1. The van der Waals surface area contributed by atoms with E-state index in [9.17, 15) is 33.9 Å². The van der Waals surface area contributed by atoms with Gasteiger partial charge in [0, 0.05) is 45.6 Å². The Balaban J connectivity index is 1.56. The molecule has 0 bridgehead atoms. The molecule has 0 saturated heterocycles. The summed E-state index contributed by atoms with van der Waals surface area (Å²) in [6.07, 6.45) is -0.983. The van der Waals surface area contributed by atoms with Gasteiger partial charge in [0.25, 0.3) is 11.5 Å². The van der Waals surface area contributed by atoms with Crippen molar-refractivity contribution < 1.29 is 39.3 Å². The molecule has 0 aliphatic heterocycles. The molecule has 0 radical (unpaired) electrons. The second kappa shape index (κ2) is 13.6. The number of thiophene rings is 1. The lowest BCUT2D eigenvalue weighted by molar-refractivity contribution is -0.143. The van der Waals surface area contributed by atoms with Crippen LogP contribution in [0.1, 0.15) is 41.0 Å². The Labute approximate surface area is 242 Å². The highest BCUT2D eigenvalue weighted by atomic mass is 32.1. The second-order valence-electron chi connectivity index (χ2n) is 9.49. The Bertz CT molecular complexity index is 1560. The number of likely N-dealkylation sites (N-methyl/N-ethyl adjacent to an activating group) is 1. The zero-order chi connectivity index (χ0) is 31.1. The fourth-order valence-electron chi connectivity index (χ4n) is 4.11. The lowest BCUT2D eigenvalue weighted by Crippen LogP contribution is -2.44. The summed E-state index contributed by atoms with van der Waals surface area (Å²) in [5.74, 6) is -5.44. The average molecular weight is 606 g/mol. The summed E-state index contributed by atoms with van der Waals surface area (Å²) in [7, 11) is 3.60. The van der Waals surface area contributed by atoms with Gasteiger partial charge in [-0.25, -0.2) is 9.59 Å². The SMILES string of the molecule is CN(CCc1cc2c(=O)[nH]c(N)nc2n1C)c1ccc(C(=O)N[C@@H](CCC(=O)N[C@@H](CCC(=O)O)C(=O)O)C(=O)O)s1. The molecule has 0 spiro atoms. The minimum atomic E-state index is -1.44. The molecule has 0 saturated carbocycles. The van der Waals surface area contributed by atoms with Crippen molar-refractivity contribution in [2.75, 3.05) is 24.2 Å². The lowest BCUT2D eigenvalue weighted by Gasteiger charge is -2.17. The molecule has 3 aromatic rings. The van der Waals surface area contributed by atoms with Crippen LogP contribution in [-0.2, 0) is 32.6 Å². The molecule has 0 aromatic carbocycles. The largest absolute Gasteiger partial charge is 0.481 e. The highest BCUT2D eigenvalue weighted by molar-refractivity contribution is 7.18. The zero-order valence-corrected chi connectivity index (χ0v) is 23.6. The minimum absolute atomic E-state index is 0.0231. The standard InChI is InChI=1S/C25H31N7O9S/c1-31(10-9-12-11-13-20(32(12)2)29-25(26)30-21(13)36)18-7-5-16(42-18)22(37)28-15(24(40)41)3-6-17(33)27-14(23(38)39)4-8-19(34)35/h5,7,11,14-15H,3-4,6,8-10H2,1-2H3,(H,27,33)(H,28,37)(H,34,35)(H,38,39)(H,40,41)(H3,26,29,30,36)/t14-,15-/m0/s1. The van der Waals surface area contributed by atoms with Crippen LogP contribution in [0, 0.1) is 0 Å². The molecular weight excluding hydrogens is 574 g/mol. The Hall–Kier alpha value is -4.93. The lowest BCUT2D eigenvalue weighted by atomic mass is 10.1. The van der Waals surface area contributed by atoms with Crippen molar-refractivity contribution in [3.8, 4) is 0 Å². The molecule has 0 unspecified atom stereocenters. The van der Waals surface area contributed by atoms with E-state index in [-0.39, 0.29) is 29.2 Å². The maximum atomic E-state index is 12.8. The summed E-state index contributed by atoms with van der Waals surface area (Å²) in [5.41, 5.74) is 6.63. The molecule has 8 N–H and O–H groups in total. The molecule has 0 aliphatic rings. The quantitative estimate of drug-likeness (QED) is 0.121. The van der Waals surface area contributed by atoms with E-state index in [1.807, 2.05) is 11.9 Å². The van der Waals surface area contributed by atoms with Crippen molar-refractivity contribution in [1.29, 1.82) is 0 Å². The highest BCUT2D eigenvalue weighted by Crippen LogP contribution is 2.26. The molecule has 3 aromatic heterocycles. The predicted molar refractivity (Wildman–Crippen MR) is 152 cm³/mol. The first-order valence-corrected chi connectivity index (χ1v) is 13.5. The number of fused-ring (bicyclic) bond motifs is 1. The number of aryl methyl sites for hydroxylation is 1. The number of amides is 2. The molecule has 2 amide bonds. The molecule has 42 heavy (non-hydrogen) atoms. The molecule has 226 valence electrons. The number of aliphatic carboxylic acids is 3. The van der Waals surface area contributed by atoms with Gasteiger partial charge < -0.3 is 41.2 Å². The van der Waals surface area contributed by atoms with Gasteiger partial charge in [0.1, 0.15) is 17.7 Å². The van der Waals surface area contributed by atoms with Crippen molar-refractivity contribution in [2.45, 2.75) is 44.2 Å². The van der Waals surface area contributed by atoms with Crippen molar-refractivity contribution in [2.24, 2.45) is 7.05 Å². The van der Waals surface area contributed by atoms with Gasteiger partial charge in [-0.2, -0.15) is 4.98 Å². The van der Waals surface area contributed by atoms with E-state index in [0.717, 1.165) is 22.0 Å². The van der Waals surface area contributed by atoms with E-state index in [4.69, 9.17) is 15.9 Å². The van der Waals surface area contributed by atoms with Gasteiger partial charge in [-0.3, -0.25) is 24.2 Å². The van der Waals surface area contributed by atoms with E-state index in [2.05, 4.69) is 20.6 Å². The summed E-state index contributed by atoms with van der Waals surface area (Å²) >= 11 is 1.13. The third-order valence-electron chi connectivity index (χ3n) is 6.45. The van der Waals surface area contributed by atoms with Crippen molar-refractivity contribution in [3.63, 3.8) is 0 Å². The third kappa shape index (κ3) is 8.06. The molecule has 17 heteroatoms. The summed E-state index contributed by atoms with van der Waals surface area (Å²) in [6, 6.07) is 2.13. The molecular formula is C25H31N7O9S. The normalized spacial score (nSPS) is 12.4. The topological polar surface area (TPSA) is 250 Å². The Morgan fingerprint density at radius 2 is 1.71 bits per heavy atom. The Morgan fingerprint density at radius 1 is 1.07 bits per heavy atom. The number of nitrogens with two attached hydrogens (primary N) is 1. The summed E-state index contributed by atoms with van der Waals surface area (Å²) in [5, 5.41) is 33.1. The Morgan fingerprint density at radius 3 is 2.36 bits per heavy atom. The van der Waals surface area contributed by atoms with Crippen LogP contribution in [0.5, 0.6) is 0 Å². The number of carbonyl (C=O) groups is 5. The first-order chi connectivity index (χ1) is 19.8. The van der Waals surface area contributed by atoms with Crippen molar-refractivity contribution in [3.05, 3.63) is 39.1 Å². The van der Waals surface area contributed by atoms with Crippen molar-refractivity contribution in [1.82, 2.24) is 25.2 Å². The van der Waals surface area contributed by atoms with Crippen LogP contribution >= 0.6 is 11.3 Å². The number of carbonyl (C=O) groups excluding carboxylic acids is 2. The number of carboxylic acids is 3. The summed E-state index contributed by atoms with van der Waals surface area (Å²) in [4.78, 5) is 79.5. The van der Waals surface area contributed by atoms with Crippen LogP contribution in [0.25, 0.3) is 11.0 Å². The first-order valence-electron chi connectivity index (χ1n) is 12.7. The van der Waals surface area contributed by atoms with Gasteiger partial charge >= 0.3 is 17.9 Å². The van der Waals surface area contributed by atoms with Gasteiger partial charge in [0.15, 0.2) is 0 Å². The number of aromatic nitrogens is 3. The van der Waals surface area contributed by atoms with Crippen LogP contribution in [0.4, 0.5) is 10.9 Å². The Kier molecular flexibility index (Phi) is 10.2. The maximum absolute atomic E-state index is 12.8. The summed E-state index contributed by atoms with van der Waals surface area (Å²) in [6.45, 7) is 0.524.